The quantitative estimate of drug-likeness (QED) is 0.797. The maximum Gasteiger partial charge on any atom is 0.227 e. The first-order valence-electron chi connectivity index (χ1n) is 9.11. The summed E-state index contributed by atoms with van der Waals surface area (Å²) in [5, 5.41) is 0. The Labute approximate surface area is 154 Å². The highest BCUT2D eigenvalue weighted by Crippen LogP contribution is 2.15. The number of piperazine rings is 1. The predicted octanol–water partition coefficient (Wildman–Crippen LogP) is 3.11. The van der Waals surface area contributed by atoms with Crippen LogP contribution in [-0.2, 0) is 17.8 Å². The lowest BCUT2D eigenvalue weighted by molar-refractivity contribution is -0.132. The maximum absolute atomic E-state index is 13.7. The normalized spacial score (nSPS) is 15.1. The second-order valence-corrected chi connectivity index (χ2v) is 6.50. The lowest BCUT2D eigenvalue weighted by atomic mass is 10.1. The standard InChI is InChI=1S/C21H25FN2O2/c1-2-26-19-9-7-17(8-10-19)16-23-11-13-24(14-12-23)21(25)15-18-5-3-4-6-20(18)22/h3-10H,2,11-16H2,1H3. The second kappa shape index (κ2) is 8.81. The van der Waals surface area contributed by atoms with Gasteiger partial charge in [-0.3, -0.25) is 9.69 Å². The summed E-state index contributed by atoms with van der Waals surface area (Å²) < 4.78 is 19.2. The van der Waals surface area contributed by atoms with E-state index in [1.54, 1.807) is 18.2 Å². The van der Waals surface area contributed by atoms with E-state index < -0.39 is 0 Å². The summed E-state index contributed by atoms with van der Waals surface area (Å²) >= 11 is 0. The number of hydrogen-bond donors (Lipinski definition) is 0. The van der Waals surface area contributed by atoms with Crippen LogP contribution in [0.15, 0.2) is 48.5 Å². The Morgan fingerprint density at radius 2 is 1.73 bits per heavy atom. The SMILES string of the molecule is CCOc1ccc(CN2CCN(C(=O)Cc3ccccc3F)CC2)cc1. The van der Waals surface area contributed by atoms with Gasteiger partial charge in [-0.25, -0.2) is 4.39 Å². The van der Waals surface area contributed by atoms with Gasteiger partial charge in [0.1, 0.15) is 11.6 Å². The van der Waals surface area contributed by atoms with Gasteiger partial charge in [-0.1, -0.05) is 30.3 Å². The molecule has 5 heteroatoms. The van der Waals surface area contributed by atoms with Crippen molar-refractivity contribution in [3.8, 4) is 5.75 Å². The van der Waals surface area contributed by atoms with E-state index in [2.05, 4.69) is 17.0 Å². The van der Waals surface area contributed by atoms with E-state index in [0.717, 1.165) is 25.4 Å². The van der Waals surface area contributed by atoms with Gasteiger partial charge >= 0.3 is 0 Å². The number of hydrogen-bond acceptors (Lipinski definition) is 3. The molecule has 0 unspecified atom stereocenters. The fourth-order valence-electron chi connectivity index (χ4n) is 3.19. The lowest BCUT2D eigenvalue weighted by Crippen LogP contribution is -2.48. The summed E-state index contributed by atoms with van der Waals surface area (Å²) in [5.74, 6) is 0.575. The number of benzene rings is 2. The first-order valence-corrected chi connectivity index (χ1v) is 9.11. The van der Waals surface area contributed by atoms with Crippen LogP contribution in [0.2, 0.25) is 0 Å². The van der Waals surface area contributed by atoms with Crippen LogP contribution < -0.4 is 4.74 Å². The highest BCUT2D eigenvalue weighted by Gasteiger charge is 2.21. The molecule has 0 bridgehead atoms. The van der Waals surface area contributed by atoms with Crippen molar-refractivity contribution in [2.45, 2.75) is 19.9 Å². The fourth-order valence-corrected chi connectivity index (χ4v) is 3.19. The number of rotatable bonds is 6. The molecule has 1 heterocycles. The highest BCUT2D eigenvalue weighted by molar-refractivity contribution is 5.79. The minimum absolute atomic E-state index is 0.00387. The molecule has 1 aliphatic heterocycles. The Morgan fingerprint density at radius 3 is 2.38 bits per heavy atom. The lowest BCUT2D eigenvalue weighted by Gasteiger charge is -2.35. The van der Waals surface area contributed by atoms with E-state index >= 15 is 0 Å². The minimum atomic E-state index is -0.310. The third-order valence-electron chi connectivity index (χ3n) is 4.67. The van der Waals surface area contributed by atoms with Crippen LogP contribution in [0.5, 0.6) is 5.75 Å². The number of carbonyl (C=O) groups is 1. The molecule has 0 saturated carbocycles. The summed E-state index contributed by atoms with van der Waals surface area (Å²) in [6, 6.07) is 14.6. The molecule has 0 atom stereocenters. The summed E-state index contributed by atoms with van der Waals surface area (Å²) in [6.07, 6.45) is 0.131. The zero-order valence-electron chi connectivity index (χ0n) is 15.2. The molecular formula is C21H25FN2O2. The van der Waals surface area contributed by atoms with Gasteiger partial charge in [0.2, 0.25) is 5.91 Å². The topological polar surface area (TPSA) is 32.8 Å². The molecule has 138 valence electrons. The number of carbonyl (C=O) groups excluding carboxylic acids is 1. The Hall–Kier alpha value is -2.40. The van der Waals surface area contributed by atoms with Crippen LogP contribution in [-0.4, -0.2) is 48.5 Å². The second-order valence-electron chi connectivity index (χ2n) is 6.50. The van der Waals surface area contributed by atoms with Gasteiger partial charge in [-0.15, -0.1) is 0 Å². The Bertz CT molecular complexity index is 725. The molecule has 0 aliphatic carbocycles. The Morgan fingerprint density at radius 1 is 1.04 bits per heavy atom. The molecule has 1 amide bonds. The van der Waals surface area contributed by atoms with Gasteiger partial charge < -0.3 is 9.64 Å². The van der Waals surface area contributed by atoms with E-state index in [0.29, 0.717) is 25.3 Å². The summed E-state index contributed by atoms with van der Waals surface area (Å²) in [4.78, 5) is 16.6. The van der Waals surface area contributed by atoms with Gasteiger partial charge in [0.15, 0.2) is 0 Å². The first-order chi connectivity index (χ1) is 12.7. The molecule has 4 nitrogen and oxygen atoms in total. The van der Waals surface area contributed by atoms with Crippen molar-refractivity contribution >= 4 is 5.91 Å². The summed E-state index contributed by atoms with van der Waals surface area (Å²) in [6.45, 7) is 6.53. The molecule has 3 rings (SSSR count). The van der Waals surface area contributed by atoms with E-state index in [-0.39, 0.29) is 18.1 Å². The van der Waals surface area contributed by atoms with Crippen molar-refractivity contribution in [1.82, 2.24) is 9.80 Å². The molecule has 0 spiro atoms. The van der Waals surface area contributed by atoms with Crippen LogP contribution in [0.25, 0.3) is 0 Å². The highest BCUT2D eigenvalue weighted by atomic mass is 19.1. The average molecular weight is 356 g/mol. The van der Waals surface area contributed by atoms with Gasteiger partial charge in [-0.05, 0) is 36.2 Å². The smallest absolute Gasteiger partial charge is 0.227 e. The monoisotopic (exact) mass is 356 g/mol. The van der Waals surface area contributed by atoms with Crippen LogP contribution in [0, 0.1) is 5.82 Å². The zero-order chi connectivity index (χ0) is 18.4. The van der Waals surface area contributed by atoms with Gasteiger partial charge in [0, 0.05) is 32.7 Å². The number of amides is 1. The van der Waals surface area contributed by atoms with Crippen molar-refractivity contribution in [2.24, 2.45) is 0 Å². The molecule has 0 N–H and O–H groups in total. The van der Waals surface area contributed by atoms with Gasteiger partial charge in [-0.2, -0.15) is 0 Å². The zero-order valence-corrected chi connectivity index (χ0v) is 15.2. The Kier molecular flexibility index (Phi) is 6.23. The van der Waals surface area contributed by atoms with Crippen molar-refractivity contribution < 1.29 is 13.9 Å². The largest absolute Gasteiger partial charge is 0.494 e. The third-order valence-corrected chi connectivity index (χ3v) is 4.67. The molecule has 1 aliphatic rings. The molecule has 1 saturated heterocycles. The van der Waals surface area contributed by atoms with Crippen molar-refractivity contribution in [3.05, 3.63) is 65.5 Å². The third kappa shape index (κ3) is 4.82. The first kappa shape index (κ1) is 18.4. The van der Waals surface area contributed by atoms with Crippen molar-refractivity contribution in [2.75, 3.05) is 32.8 Å². The van der Waals surface area contributed by atoms with Crippen LogP contribution in [0.4, 0.5) is 4.39 Å². The molecule has 0 radical (unpaired) electrons. The van der Waals surface area contributed by atoms with Crippen molar-refractivity contribution in [3.63, 3.8) is 0 Å². The van der Waals surface area contributed by atoms with E-state index in [1.165, 1.54) is 11.6 Å². The van der Waals surface area contributed by atoms with E-state index in [4.69, 9.17) is 4.74 Å². The molecule has 26 heavy (non-hydrogen) atoms. The molecule has 0 aromatic heterocycles. The van der Waals surface area contributed by atoms with Gasteiger partial charge in [0.25, 0.3) is 0 Å². The number of ether oxygens (including phenoxy) is 1. The average Bonchev–Trinajstić information content (AvgIpc) is 2.66. The van der Waals surface area contributed by atoms with Crippen LogP contribution >= 0.6 is 0 Å². The maximum atomic E-state index is 13.7. The summed E-state index contributed by atoms with van der Waals surface area (Å²) in [7, 11) is 0. The molecule has 2 aromatic carbocycles. The van der Waals surface area contributed by atoms with Crippen LogP contribution in [0.1, 0.15) is 18.1 Å². The van der Waals surface area contributed by atoms with Gasteiger partial charge in [0.05, 0.1) is 13.0 Å². The minimum Gasteiger partial charge on any atom is -0.494 e. The fraction of sp³-hybridized carbons (Fsp3) is 0.381. The summed E-state index contributed by atoms with van der Waals surface area (Å²) in [5.41, 5.74) is 1.70. The molecule has 1 fully saturated rings. The van der Waals surface area contributed by atoms with Crippen molar-refractivity contribution in [1.29, 1.82) is 0 Å². The predicted molar refractivity (Wildman–Crippen MR) is 99.6 cm³/mol. The number of halogens is 1. The Balaban J connectivity index is 1.47. The molecular weight excluding hydrogens is 331 g/mol. The molecule has 2 aromatic rings. The number of nitrogens with zero attached hydrogens (tertiary/aromatic N) is 2. The van der Waals surface area contributed by atoms with Crippen LogP contribution in [0.3, 0.4) is 0 Å². The van der Waals surface area contributed by atoms with E-state index in [1.807, 2.05) is 24.0 Å². The van der Waals surface area contributed by atoms with E-state index in [9.17, 15) is 9.18 Å².